The summed E-state index contributed by atoms with van der Waals surface area (Å²) in [5, 5.41) is 7.20. The van der Waals surface area contributed by atoms with E-state index in [4.69, 9.17) is 4.52 Å². The van der Waals surface area contributed by atoms with Gasteiger partial charge in [-0.2, -0.15) is 4.98 Å². The predicted molar refractivity (Wildman–Crippen MR) is 119 cm³/mol. The summed E-state index contributed by atoms with van der Waals surface area (Å²) in [7, 11) is 0. The molecule has 1 aliphatic rings. The molecule has 7 nitrogen and oxygen atoms in total. The highest BCUT2D eigenvalue weighted by Crippen LogP contribution is 2.17. The van der Waals surface area contributed by atoms with Crippen molar-refractivity contribution in [3.05, 3.63) is 65.0 Å². The lowest BCUT2D eigenvalue weighted by molar-refractivity contribution is -1.02. The monoisotopic (exact) mass is 421 g/mol. The summed E-state index contributed by atoms with van der Waals surface area (Å²) in [6, 6.07) is 14.1. The minimum absolute atomic E-state index is 0.0757. The lowest BCUT2D eigenvalue weighted by Crippen LogP contribution is -3.28. The van der Waals surface area contributed by atoms with E-state index in [0.29, 0.717) is 18.3 Å². The second kappa shape index (κ2) is 9.41. The molecule has 0 radical (unpaired) electrons. The van der Waals surface area contributed by atoms with E-state index < -0.39 is 0 Å². The van der Waals surface area contributed by atoms with Crippen LogP contribution in [-0.4, -0.2) is 48.8 Å². The first-order valence-electron chi connectivity index (χ1n) is 10.9. The van der Waals surface area contributed by atoms with Crippen LogP contribution in [0.25, 0.3) is 11.4 Å². The molecule has 0 unspecified atom stereocenters. The van der Waals surface area contributed by atoms with E-state index in [1.165, 1.54) is 20.9 Å². The Hall–Kier alpha value is -3.03. The maximum Gasteiger partial charge on any atom is 0.282 e. The number of carbonyl (C=O) groups is 1. The fourth-order valence-electron chi connectivity index (χ4n) is 3.98. The van der Waals surface area contributed by atoms with Gasteiger partial charge in [-0.1, -0.05) is 47.1 Å². The van der Waals surface area contributed by atoms with E-state index in [-0.39, 0.29) is 5.91 Å². The van der Waals surface area contributed by atoms with Crippen molar-refractivity contribution in [1.29, 1.82) is 0 Å². The van der Waals surface area contributed by atoms with E-state index in [1.807, 2.05) is 31.2 Å². The van der Waals surface area contributed by atoms with Crippen molar-refractivity contribution >= 4 is 11.6 Å². The number of nitrogens with zero attached hydrogens (tertiary/aromatic N) is 2. The fourth-order valence-corrected chi connectivity index (χ4v) is 3.98. The van der Waals surface area contributed by atoms with Crippen molar-refractivity contribution in [2.45, 2.75) is 27.3 Å². The number of hydrogen-bond donors (Lipinski definition) is 3. The molecule has 3 N–H and O–H groups in total. The summed E-state index contributed by atoms with van der Waals surface area (Å²) in [5.74, 6) is 1.38. The van der Waals surface area contributed by atoms with E-state index in [0.717, 1.165) is 49.5 Å². The number of hydrogen-bond acceptors (Lipinski definition) is 4. The third kappa shape index (κ3) is 5.37. The zero-order valence-corrected chi connectivity index (χ0v) is 18.5. The number of piperazine rings is 1. The molecule has 1 aromatic heterocycles. The van der Waals surface area contributed by atoms with E-state index in [1.54, 1.807) is 0 Å². The highest BCUT2D eigenvalue weighted by molar-refractivity contribution is 5.92. The van der Waals surface area contributed by atoms with Crippen LogP contribution in [0.1, 0.15) is 22.6 Å². The zero-order chi connectivity index (χ0) is 21.8. The van der Waals surface area contributed by atoms with Crippen LogP contribution in [0.4, 0.5) is 5.69 Å². The van der Waals surface area contributed by atoms with Crippen molar-refractivity contribution in [1.82, 2.24) is 10.1 Å². The zero-order valence-electron chi connectivity index (χ0n) is 18.5. The van der Waals surface area contributed by atoms with Crippen LogP contribution in [0.2, 0.25) is 0 Å². The van der Waals surface area contributed by atoms with E-state index in [2.05, 4.69) is 47.5 Å². The molecule has 2 aromatic carbocycles. The Morgan fingerprint density at radius 2 is 1.71 bits per heavy atom. The van der Waals surface area contributed by atoms with Gasteiger partial charge in [0, 0.05) is 11.3 Å². The summed E-state index contributed by atoms with van der Waals surface area (Å²) >= 11 is 0. The molecule has 1 fully saturated rings. The molecule has 0 spiro atoms. The average Bonchev–Trinajstić information content (AvgIpc) is 3.22. The molecule has 162 valence electrons. The Balaban J connectivity index is 1.25. The predicted octanol–water partition coefficient (Wildman–Crippen LogP) is 0.584. The first kappa shape index (κ1) is 21.2. The fraction of sp³-hybridized carbons (Fsp3) is 0.375. The standard InChI is InChI=1S/C24H29N5O2/c1-17-7-9-20(10-8-17)24-26-23(31-27-24)16-29-13-11-28(12-14-29)15-22(30)25-21-6-4-5-18(2)19(21)3/h4-10H,11-16H2,1-3H3,(H,25,30)/p+2. The molecule has 0 aliphatic carbocycles. The second-order valence-electron chi connectivity index (χ2n) is 8.53. The summed E-state index contributed by atoms with van der Waals surface area (Å²) < 4.78 is 5.48. The Labute approximate surface area is 183 Å². The van der Waals surface area contributed by atoms with Gasteiger partial charge in [0.05, 0.1) is 0 Å². The molecule has 0 bridgehead atoms. The van der Waals surface area contributed by atoms with Crippen molar-refractivity contribution in [3.8, 4) is 11.4 Å². The number of amides is 1. The van der Waals surface area contributed by atoms with Crippen molar-refractivity contribution in [2.24, 2.45) is 0 Å². The molecule has 0 atom stereocenters. The maximum absolute atomic E-state index is 12.5. The smallest absolute Gasteiger partial charge is 0.282 e. The SMILES string of the molecule is Cc1ccc(-c2noc(C[NH+]3CC[NH+](CC(=O)Nc4cccc(C)c4C)CC3)n2)cc1. The first-order valence-corrected chi connectivity index (χ1v) is 10.9. The Kier molecular flexibility index (Phi) is 6.44. The Morgan fingerprint density at radius 3 is 2.45 bits per heavy atom. The van der Waals surface area contributed by atoms with Gasteiger partial charge in [-0.3, -0.25) is 4.79 Å². The summed E-state index contributed by atoms with van der Waals surface area (Å²) in [6.45, 7) is 11.3. The Bertz CT molecular complexity index is 1040. The quantitative estimate of drug-likeness (QED) is 0.544. The summed E-state index contributed by atoms with van der Waals surface area (Å²) in [4.78, 5) is 19.8. The van der Waals surface area contributed by atoms with Gasteiger partial charge in [0.15, 0.2) is 13.1 Å². The number of rotatable bonds is 6. The number of benzene rings is 2. The van der Waals surface area contributed by atoms with Crippen LogP contribution in [0.5, 0.6) is 0 Å². The van der Waals surface area contributed by atoms with E-state index >= 15 is 0 Å². The van der Waals surface area contributed by atoms with Crippen molar-refractivity contribution in [3.63, 3.8) is 0 Å². The van der Waals surface area contributed by atoms with Crippen LogP contribution >= 0.6 is 0 Å². The molecule has 31 heavy (non-hydrogen) atoms. The molecule has 2 heterocycles. The van der Waals surface area contributed by atoms with Gasteiger partial charge in [-0.15, -0.1) is 0 Å². The lowest BCUT2D eigenvalue weighted by atomic mass is 10.1. The molecule has 0 saturated carbocycles. The van der Waals surface area contributed by atoms with Crippen molar-refractivity contribution in [2.75, 3.05) is 38.0 Å². The second-order valence-corrected chi connectivity index (χ2v) is 8.53. The molecular formula is C24H31N5O2+2. The first-order chi connectivity index (χ1) is 15.0. The Morgan fingerprint density at radius 1 is 1.00 bits per heavy atom. The van der Waals surface area contributed by atoms with Crippen LogP contribution in [-0.2, 0) is 11.3 Å². The van der Waals surface area contributed by atoms with Gasteiger partial charge in [0.2, 0.25) is 5.82 Å². The number of aromatic nitrogens is 2. The number of carbonyl (C=O) groups excluding carboxylic acids is 1. The van der Waals surface area contributed by atoms with Gasteiger partial charge < -0.3 is 19.6 Å². The van der Waals surface area contributed by atoms with Crippen LogP contribution in [0.3, 0.4) is 0 Å². The molecule has 1 aliphatic heterocycles. The number of aryl methyl sites for hydroxylation is 2. The van der Waals surface area contributed by atoms with Crippen molar-refractivity contribution < 1.29 is 19.1 Å². The minimum atomic E-state index is 0.0757. The van der Waals surface area contributed by atoms with Crippen LogP contribution in [0.15, 0.2) is 47.0 Å². The molecule has 3 aromatic rings. The highest BCUT2D eigenvalue weighted by Gasteiger charge is 2.26. The average molecular weight is 422 g/mol. The summed E-state index contributed by atoms with van der Waals surface area (Å²) in [5.41, 5.74) is 5.41. The van der Waals surface area contributed by atoms with Crippen LogP contribution in [0, 0.1) is 20.8 Å². The topological polar surface area (TPSA) is 76.9 Å². The largest absolute Gasteiger partial charge is 0.333 e. The molecule has 7 heteroatoms. The number of quaternary nitrogens is 2. The van der Waals surface area contributed by atoms with Gasteiger partial charge in [0.25, 0.3) is 11.8 Å². The van der Waals surface area contributed by atoms with Gasteiger partial charge in [-0.25, -0.2) is 0 Å². The minimum Gasteiger partial charge on any atom is -0.333 e. The third-order valence-electron chi connectivity index (χ3n) is 6.13. The molecule has 1 amide bonds. The maximum atomic E-state index is 12.5. The molecule has 1 saturated heterocycles. The van der Waals surface area contributed by atoms with E-state index in [9.17, 15) is 4.79 Å². The lowest BCUT2D eigenvalue weighted by Gasteiger charge is -2.28. The highest BCUT2D eigenvalue weighted by atomic mass is 16.5. The van der Waals surface area contributed by atoms with Gasteiger partial charge >= 0.3 is 0 Å². The van der Waals surface area contributed by atoms with Crippen LogP contribution < -0.4 is 15.1 Å². The normalized spacial score (nSPS) is 18.7. The molecule has 4 rings (SSSR count). The summed E-state index contributed by atoms with van der Waals surface area (Å²) in [6.07, 6.45) is 0. The van der Waals surface area contributed by atoms with Gasteiger partial charge in [-0.05, 0) is 38.0 Å². The number of nitrogens with one attached hydrogen (secondary N) is 3. The van der Waals surface area contributed by atoms with Gasteiger partial charge in [0.1, 0.15) is 26.2 Å². The molecular weight excluding hydrogens is 390 g/mol. The number of anilines is 1. The third-order valence-corrected chi connectivity index (χ3v) is 6.13.